The van der Waals surface area contributed by atoms with Crippen molar-refractivity contribution in [1.29, 1.82) is 0 Å². The fourth-order valence-corrected chi connectivity index (χ4v) is 6.05. The zero-order chi connectivity index (χ0) is 20.8. The first-order chi connectivity index (χ1) is 13.9. The number of carbonyl (C=O) groups excluding carboxylic acids is 2. The van der Waals surface area contributed by atoms with Crippen molar-refractivity contribution < 1.29 is 33.7 Å². The summed E-state index contributed by atoms with van der Waals surface area (Å²) >= 11 is 0. The van der Waals surface area contributed by atoms with E-state index in [1.807, 2.05) is 13.0 Å². The van der Waals surface area contributed by atoms with Crippen molar-refractivity contribution in [2.75, 3.05) is 13.2 Å². The predicted molar refractivity (Wildman–Crippen MR) is 101 cm³/mol. The van der Waals surface area contributed by atoms with Crippen LogP contribution in [0.1, 0.15) is 51.2 Å². The maximum absolute atomic E-state index is 13.3. The Labute approximate surface area is 169 Å². The van der Waals surface area contributed by atoms with Crippen LogP contribution in [-0.4, -0.2) is 41.5 Å². The minimum absolute atomic E-state index is 0.00806. The van der Waals surface area contributed by atoms with Gasteiger partial charge in [-0.1, -0.05) is 13.0 Å². The highest BCUT2D eigenvalue weighted by atomic mass is 16.6. The molecule has 29 heavy (non-hydrogen) atoms. The van der Waals surface area contributed by atoms with Gasteiger partial charge in [-0.25, -0.2) is 0 Å². The number of fused-ring (bicyclic) bond motifs is 2. The van der Waals surface area contributed by atoms with Gasteiger partial charge in [0.1, 0.15) is 12.7 Å². The lowest BCUT2D eigenvalue weighted by Gasteiger charge is -2.58. The second kappa shape index (κ2) is 7.29. The molecule has 1 aromatic heterocycles. The van der Waals surface area contributed by atoms with E-state index in [-0.39, 0.29) is 31.0 Å². The van der Waals surface area contributed by atoms with Crippen LogP contribution >= 0.6 is 0 Å². The minimum Gasteiger partial charge on any atom is -0.472 e. The van der Waals surface area contributed by atoms with E-state index in [0.717, 1.165) is 5.56 Å². The number of aliphatic hydroxyl groups is 2. The molecule has 0 aromatic carbocycles. The van der Waals surface area contributed by atoms with Gasteiger partial charge in [0.2, 0.25) is 0 Å². The van der Waals surface area contributed by atoms with Crippen LogP contribution in [0.4, 0.5) is 0 Å². The molecule has 2 N–H and O–H groups in total. The highest BCUT2D eigenvalue weighted by Gasteiger charge is 2.68. The van der Waals surface area contributed by atoms with Crippen molar-refractivity contribution in [3.05, 3.63) is 35.8 Å². The van der Waals surface area contributed by atoms with E-state index in [4.69, 9.17) is 13.9 Å². The molecule has 2 fully saturated rings. The summed E-state index contributed by atoms with van der Waals surface area (Å²) in [5, 5.41) is 21.7. The third kappa shape index (κ3) is 2.86. The van der Waals surface area contributed by atoms with Gasteiger partial charge in [0.05, 0.1) is 30.7 Å². The predicted octanol–water partition coefficient (Wildman–Crippen LogP) is 2.53. The molecule has 0 bridgehead atoms. The van der Waals surface area contributed by atoms with Crippen LogP contribution in [0, 0.1) is 22.7 Å². The first-order valence-electron chi connectivity index (χ1n) is 10.2. The van der Waals surface area contributed by atoms with Crippen LogP contribution in [-0.2, 0) is 19.1 Å². The number of aliphatic hydroxyl groups excluding tert-OH is 2. The molecule has 6 atom stereocenters. The second-order valence-corrected chi connectivity index (χ2v) is 8.69. The lowest BCUT2D eigenvalue weighted by Crippen LogP contribution is -2.62. The Hall–Kier alpha value is -2.12. The van der Waals surface area contributed by atoms with E-state index in [1.54, 1.807) is 18.6 Å². The molecule has 0 radical (unpaired) electrons. The number of allylic oxidation sites excluding steroid dienone is 1. The summed E-state index contributed by atoms with van der Waals surface area (Å²) in [6, 6.07) is 1.80. The van der Waals surface area contributed by atoms with E-state index in [1.165, 1.54) is 6.92 Å². The summed E-state index contributed by atoms with van der Waals surface area (Å²) in [7, 11) is 0. The Morgan fingerprint density at radius 3 is 2.86 bits per heavy atom. The smallest absolute Gasteiger partial charge is 0.313 e. The molecule has 1 aliphatic heterocycles. The molecule has 7 heteroatoms. The molecule has 158 valence electrons. The SMILES string of the molecule is CC(=O)OCC1=CCC[C@@H]2[C@@]3(C[C@@H](c4ccoc4)OC3=O)[C@H](C)C[C@@H](O)[C@@]12CO. The van der Waals surface area contributed by atoms with Crippen LogP contribution in [0.2, 0.25) is 0 Å². The summed E-state index contributed by atoms with van der Waals surface area (Å²) < 4.78 is 16.2. The van der Waals surface area contributed by atoms with Crippen molar-refractivity contribution in [3.63, 3.8) is 0 Å². The lowest BCUT2D eigenvalue weighted by atomic mass is 9.45. The summed E-state index contributed by atoms with van der Waals surface area (Å²) in [4.78, 5) is 24.7. The molecule has 2 aliphatic carbocycles. The van der Waals surface area contributed by atoms with Gasteiger partial charge in [-0.3, -0.25) is 9.59 Å². The number of esters is 2. The number of carbonyl (C=O) groups is 2. The summed E-state index contributed by atoms with van der Waals surface area (Å²) in [6.07, 6.45) is 6.03. The zero-order valence-corrected chi connectivity index (χ0v) is 16.8. The quantitative estimate of drug-likeness (QED) is 0.587. The van der Waals surface area contributed by atoms with Gasteiger partial charge in [0.15, 0.2) is 0 Å². The maximum Gasteiger partial charge on any atom is 0.313 e. The fourth-order valence-electron chi connectivity index (χ4n) is 6.05. The average Bonchev–Trinajstić information content (AvgIpc) is 3.33. The Morgan fingerprint density at radius 2 is 2.21 bits per heavy atom. The first-order valence-corrected chi connectivity index (χ1v) is 10.2. The summed E-state index contributed by atoms with van der Waals surface area (Å²) in [5.41, 5.74) is -0.330. The van der Waals surface area contributed by atoms with Gasteiger partial charge in [0.25, 0.3) is 0 Å². The number of cyclic esters (lactones) is 1. The maximum atomic E-state index is 13.3. The van der Waals surface area contributed by atoms with Crippen LogP contribution in [0.3, 0.4) is 0 Å². The Bertz CT molecular complexity index is 813. The van der Waals surface area contributed by atoms with Crippen molar-refractivity contribution in [1.82, 2.24) is 0 Å². The van der Waals surface area contributed by atoms with E-state index in [2.05, 4.69) is 0 Å². The van der Waals surface area contributed by atoms with E-state index >= 15 is 0 Å². The standard InChI is InChI=1S/C22H28O7/c1-13-8-19(25)22(12-23)16(11-28-14(2)24)4-3-5-18(22)21(13)9-17(29-20(21)26)15-6-7-27-10-15/h4,6-7,10,13,17-19,23,25H,3,5,8-9,11-12H2,1-2H3/t13-,17+,18-,19-,21-,22+/m1/s1. The topological polar surface area (TPSA) is 106 Å². The normalized spacial score (nSPS) is 39.0. The van der Waals surface area contributed by atoms with Gasteiger partial charge in [-0.05, 0) is 42.7 Å². The molecule has 4 rings (SSSR count). The Kier molecular flexibility index (Phi) is 5.07. The van der Waals surface area contributed by atoms with Gasteiger partial charge in [-0.2, -0.15) is 0 Å². The molecule has 0 amide bonds. The van der Waals surface area contributed by atoms with Gasteiger partial charge < -0.3 is 24.1 Å². The number of rotatable bonds is 4. The number of furan rings is 1. The molecular weight excluding hydrogens is 376 g/mol. The van der Waals surface area contributed by atoms with E-state index in [9.17, 15) is 19.8 Å². The van der Waals surface area contributed by atoms with Crippen molar-refractivity contribution in [2.24, 2.45) is 22.7 Å². The molecule has 2 heterocycles. The third-order valence-corrected chi connectivity index (χ3v) is 7.50. The highest BCUT2D eigenvalue weighted by Crippen LogP contribution is 2.65. The molecule has 1 aromatic rings. The molecule has 1 spiro atoms. The van der Waals surface area contributed by atoms with Crippen LogP contribution in [0.15, 0.2) is 34.7 Å². The number of hydrogen-bond acceptors (Lipinski definition) is 7. The number of ether oxygens (including phenoxy) is 2. The Morgan fingerprint density at radius 1 is 1.41 bits per heavy atom. The molecule has 3 aliphatic rings. The van der Waals surface area contributed by atoms with Crippen molar-refractivity contribution in [3.8, 4) is 0 Å². The zero-order valence-electron chi connectivity index (χ0n) is 16.8. The average molecular weight is 404 g/mol. The third-order valence-electron chi connectivity index (χ3n) is 7.50. The second-order valence-electron chi connectivity index (χ2n) is 8.69. The Balaban J connectivity index is 1.76. The highest BCUT2D eigenvalue weighted by molar-refractivity contribution is 5.81. The first kappa shape index (κ1) is 20.2. The lowest BCUT2D eigenvalue weighted by molar-refractivity contribution is -0.180. The monoisotopic (exact) mass is 404 g/mol. The van der Waals surface area contributed by atoms with E-state index < -0.39 is 29.0 Å². The molecule has 7 nitrogen and oxygen atoms in total. The van der Waals surface area contributed by atoms with Crippen molar-refractivity contribution in [2.45, 2.75) is 51.7 Å². The number of hydrogen-bond donors (Lipinski definition) is 2. The van der Waals surface area contributed by atoms with Crippen LogP contribution in [0.25, 0.3) is 0 Å². The minimum atomic E-state index is -1.02. The molecular formula is C22H28O7. The molecule has 1 saturated carbocycles. The van der Waals surface area contributed by atoms with Gasteiger partial charge >= 0.3 is 11.9 Å². The van der Waals surface area contributed by atoms with Crippen LogP contribution < -0.4 is 0 Å². The van der Waals surface area contributed by atoms with Gasteiger partial charge in [-0.15, -0.1) is 0 Å². The fraction of sp³-hybridized carbons (Fsp3) is 0.636. The van der Waals surface area contributed by atoms with Crippen LogP contribution in [0.5, 0.6) is 0 Å². The van der Waals surface area contributed by atoms with Gasteiger partial charge in [0, 0.05) is 24.3 Å². The summed E-state index contributed by atoms with van der Waals surface area (Å²) in [6.45, 7) is 3.00. The van der Waals surface area contributed by atoms with Crippen molar-refractivity contribution >= 4 is 11.9 Å². The largest absolute Gasteiger partial charge is 0.472 e. The molecule has 1 saturated heterocycles. The molecule has 0 unspecified atom stereocenters. The summed E-state index contributed by atoms with van der Waals surface area (Å²) in [5.74, 6) is -1.12. The van der Waals surface area contributed by atoms with E-state index in [0.29, 0.717) is 31.3 Å².